The first-order valence-corrected chi connectivity index (χ1v) is 7.05. The van der Waals surface area contributed by atoms with Gasteiger partial charge in [0.05, 0.1) is 11.0 Å². The van der Waals surface area contributed by atoms with Gasteiger partial charge in [-0.3, -0.25) is 14.8 Å². The molecule has 6 heteroatoms. The van der Waals surface area contributed by atoms with E-state index in [2.05, 4.69) is 15.3 Å². The van der Waals surface area contributed by atoms with Crippen molar-refractivity contribution in [3.8, 4) is 5.75 Å². The molecule has 0 spiro atoms. The molecular formula is C17H14FN3O2. The van der Waals surface area contributed by atoms with Crippen molar-refractivity contribution >= 4 is 16.9 Å². The SMILES string of the molecule is O=C(COc1cccc(F)c1)NCc1ccc2nccnc2c1. The number of carbonyl (C=O) groups is 1. The van der Waals surface area contributed by atoms with Crippen LogP contribution in [-0.2, 0) is 11.3 Å². The van der Waals surface area contributed by atoms with E-state index in [0.717, 1.165) is 16.6 Å². The third-order valence-corrected chi connectivity index (χ3v) is 3.19. The number of nitrogens with one attached hydrogen (secondary N) is 1. The number of fused-ring (bicyclic) bond motifs is 1. The Morgan fingerprint density at radius 3 is 2.74 bits per heavy atom. The Morgan fingerprint density at radius 2 is 1.91 bits per heavy atom. The van der Waals surface area contributed by atoms with Crippen molar-refractivity contribution in [3.63, 3.8) is 0 Å². The summed E-state index contributed by atoms with van der Waals surface area (Å²) in [7, 11) is 0. The molecule has 3 rings (SSSR count). The molecule has 0 aliphatic rings. The molecule has 0 atom stereocenters. The topological polar surface area (TPSA) is 64.1 Å². The summed E-state index contributed by atoms with van der Waals surface area (Å²) in [5.74, 6) is -0.366. The molecule has 23 heavy (non-hydrogen) atoms. The van der Waals surface area contributed by atoms with E-state index in [1.807, 2.05) is 18.2 Å². The molecule has 0 fully saturated rings. The van der Waals surface area contributed by atoms with Gasteiger partial charge in [0.25, 0.3) is 5.91 Å². The first-order valence-electron chi connectivity index (χ1n) is 7.05. The lowest BCUT2D eigenvalue weighted by Gasteiger charge is -2.08. The maximum Gasteiger partial charge on any atom is 0.258 e. The van der Waals surface area contributed by atoms with Gasteiger partial charge < -0.3 is 10.1 Å². The number of amides is 1. The molecule has 0 aliphatic carbocycles. The van der Waals surface area contributed by atoms with Gasteiger partial charge in [-0.15, -0.1) is 0 Å². The number of rotatable bonds is 5. The molecule has 5 nitrogen and oxygen atoms in total. The fourth-order valence-electron chi connectivity index (χ4n) is 2.08. The second-order valence-corrected chi connectivity index (χ2v) is 4.90. The fraction of sp³-hybridized carbons (Fsp3) is 0.118. The van der Waals surface area contributed by atoms with E-state index in [1.165, 1.54) is 18.2 Å². The molecule has 0 radical (unpaired) electrons. The number of hydrogen-bond donors (Lipinski definition) is 1. The van der Waals surface area contributed by atoms with Gasteiger partial charge in [-0.25, -0.2) is 4.39 Å². The maximum absolute atomic E-state index is 13.0. The molecular weight excluding hydrogens is 297 g/mol. The van der Waals surface area contributed by atoms with E-state index in [-0.39, 0.29) is 12.5 Å². The van der Waals surface area contributed by atoms with E-state index in [4.69, 9.17) is 4.74 Å². The van der Waals surface area contributed by atoms with Gasteiger partial charge in [-0.05, 0) is 29.8 Å². The molecule has 1 N–H and O–H groups in total. The molecule has 116 valence electrons. The van der Waals surface area contributed by atoms with Crippen LogP contribution in [0.2, 0.25) is 0 Å². The predicted octanol–water partition coefficient (Wildman–Crippen LogP) is 2.46. The lowest BCUT2D eigenvalue weighted by atomic mass is 10.2. The van der Waals surface area contributed by atoms with Gasteiger partial charge in [0.1, 0.15) is 11.6 Å². The molecule has 2 aromatic carbocycles. The highest BCUT2D eigenvalue weighted by atomic mass is 19.1. The number of benzene rings is 2. The third kappa shape index (κ3) is 4.00. The molecule has 1 amide bonds. The van der Waals surface area contributed by atoms with E-state index in [9.17, 15) is 9.18 Å². The number of ether oxygens (including phenoxy) is 1. The van der Waals surface area contributed by atoms with Crippen LogP contribution in [0.3, 0.4) is 0 Å². The smallest absolute Gasteiger partial charge is 0.258 e. The number of hydrogen-bond acceptors (Lipinski definition) is 4. The average molecular weight is 311 g/mol. The monoisotopic (exact) mass is 311 g/mol. The Hall–Kier alpha value is -3.02. The van der Waals surface area contributed by atoms with Crippen LogP contribution in [0.1, 0.15) is 5.56 Å². The van der Waals surface area contributed by atoms with Gasteiger partial charge in [0.15, 0.2) is 6.61 Å². The minimum atomic E-state index is -0.403. The van der Waals surface area contributed by atoms with Crippen LogP contribution in [0.5, 0.6) is 5.75 Å². The van der Waals surface area contributed by atoms with Crippen molar-refractivity contribution in [1.29, 1.82) is 0 Å². The highest BCUT2D eigenvalue weighted by molar-refractivity contribution is 5.78. The van der Waals surface area contributed by atoms with Crippen molar-refractivity contribution in [2.24, 2.45) is 0 Å². The van der Waals surface area contributed by atoms with Crippen LogP contribution in [-0.4, -0.2) is 22.5 Å². The molecule has 1 aromatic heterocycles. The highest BCUT2D eigenvalue weighted by Gasteiger charge is 2.04. The van der Waals surface area contributed by atoms with Crippen molar-refractivity contribution in [2.45, 2.75) is 6.54 Å². The van der Waals surface area contributed by atoms with Crippen molar-refractivity contribution in [3.05, 3.63) is 66.2 Å². The van der Waals surface area contributed by atoms with Gasteiger partial charge >= 0.3 is 0 Å². The molecule has 0 aliphatic heterocycles. The van der Waals surface area contributed by atoms with E-state index in [0.29, 0.717) is 12.3 Å². The quantitative estimate of drug-likeness (QED) is 0.786. The standard InChI is InChI=1S/C17H14FN3O2/c18-13-2-1-3-14(9-13)23-11-17(22)21-10-12-4-5-15-16(8-12)20-7-6-19-15/h1-9H,10-11H2,(H,21,22). The molecule has 0 unspecified atom stereocenters. The Kier molecular flexibility index (Phi) is 4.42. The molecule has 3 aromatic rings. The highest BCUT2D eigenvalue weighted by Crippen LogP contribution is 2.12. The summed E-state index contributed by atoms with van der Waals surface area (Å²) in [4.78, 5) is 20.2. The first-order chi connectivity index (χ1) is 11.2. The zero-order valence-electron chi connectivity index (χ0n) is 12.2. The normalized spacial score (nSPS) is 10.5. The first kappa shape index (κ1) is 14.9. The number of nitrogens with zero attached hydrogens (tertiary/aromatic N) is 2. The van der Waals surface area contributed by atoms with Crippen LogP contribution >= 0.6 is 0 Å². The summed E-state index contributed by atoms with van der Waals surface area (Å²) in [6.45, 7) is 0.189. The molecule has 1 heterocycles. The Morgan fingerprint density at radius 1 is 1.09 bits per heavy atom. The van der Waals surface area contributed by atoms with E-state index < -0.39 is 5.82 Å². The third-order valence-electron chi connectivity index (χ3n) is 3.19. The summed E-state index contributed by atoms with van der Waals surface area (Å²) < 4.78 is 18.2. The van der Waals surface area contributed by atoms with Crippen LogP contribution in [0, 0.1) is 5.82 Å². The summed E-state index contributed by atoms with van der Waals surface area (Å²) in [6, 6.07) is 11.3. The predicted molar refractivity (Wildman–Crippen MR) is 83.3 cm³/mol. The lowest BCUT2D eigenvalue weighted by molar-refractivity contribution is -0.123. The summed E-state index contributed by atoms with van der Waals surface area (Å²) >= 11 is 0. The fourth-order valence-corrected chi connectivity index (χ4v) is 2.08. The maximum atomic E-state index is 13.0. The Labute approximate surface area is 132 Å². The zero-order chi connectivity index (χ0) is 16.1. The van der Waals surface area contributed by atoms with Gasteiger partial charge in [-0.1, -0.05) is 12.1 Å². The van der Waals surface area contributed by atoms with E-state index >= 15 is 0 Å². The van der Waals surface area contributed by atoms with Crippen LogP contribution < -0.4 is 10.1 Å². The number of carbonyl (C=O) groups excluding carboxylic acids is 1. The van der Waals surface area contributed by atoms with Crippen LogP contribution in [0.4, 0.5) is 4.39 Å². The van der Waals surface area contributed by atoms with Gasteiger partial charge in [-0.2, -0.15) is 0 Å². The van der Waals surface area contributed by atoms with Crippen molar-refractivity contribution in [2.75, 3.05) is 6.61 Å². The summed E-state index contributed by atoms with van der Waals surface area (Å²) in [5, 5.41) is 2.74. The molecule has 0 bridgehead atoms. The number of aromatic nitrogens is 2. The number of halogens is 1. The van der Waals surface area contributed by atoms with Crippen molar-refractivity contribution < 1.29 is 13.9 Å². The van der Waals surface area contributed by atoms with Gasteiger partial charge in [0, 0.05) is 25.0 Å². The Balaban J connectivity index is 1.53. The lowest BCUT2D eigenvalue weighted by Crippen LogP contribution is -2.28. The Bertz CT molecular complexity index is 839. The van der Waals surface area contributed by atoms with Gasteiger partial charge in [0.2, 0.25) is 0 Å². The van der Waals surface area contributed by atoms with E-state index in [1.54, 1.807) is 18.5 Å². The largest absolute Gasteiger partial charge is 0.484 e. The van der Waals surface area contributed by atoms with Crippen LogP contribution in [0.25, 0.3) is 11.0 Å². The minimum Gasteiger partial charge on any atom is -0.484 e. The van der Waals surface area contributed by atoms with Crippen LogP contribution in [0.15, 0.2) is 54.9 Å². The molecule has 0 saturated heterocycles. The summed E-state index contributed by atoms with van der Waals surface area (Å²) in [5.41, 5.74) is 2.49. The van der Waals surface area contributed by atoms with Crippen molar-refractivity contribution in [1.82, 2.24) is 15.3 Å². The zero-order valence-corrected chi connectivity index (χ0v) is 12.2. The summed E-state index contributed by atoms with van der Waals surface area (Å²) in [6.07, 6.45) is 3.26. The second kappa shape index (κ2) is 6.83. The minimum absolute atomic E-state index is 0.170. The average Bonchev–Trinajstić information content (AvgIpc) is 2.58. The molecule has 0 saturated carbocycles. The second-order valence-electron chi connectivity index (χ2n) is 4.90.